The van der Waals surface area contributed by atoms with Gasteiger partial charge in [0, 0.05) is 25.2 Å². The Hall–Kier alpha value is -1.96. The van der Waals surface area contributed by atoms with E-state index in [1.165, 1.54) is 0 Å². The predicted octanol–water partition coefficient (Wildman–Crippen LogP) is 0.172. The predicted molar refractivity (Wildman–Crippen MR) is 72.6 cm³/mol. The second-order valence-corrected chi connectivity index (χ2v) is 5.84. The van der Waals surface area contributed by atoms with Crippen LogP contribution in [0.3, 0.4) is 0 Å². The summed E-state index contributed by atoms with van der Waals surface area (Å²) in [4.78, 5) is 13.7. The van der Waals surface area contributed by atoms with Crippen molar-refractivity contribution < 1.29 is 9.53 Å². The Balaban J connectivity index is 2.15. The van der Waals surface area contributed by atoms with Crippen LogP contribution in [0.4, 0.5) is 4.79 Å². The number of carbonyl (C=O) groups excluding carboxylic acids is 1. The summed E-state index contributed by atoms with van der Waals surface area (Å²) in [5.74, 6) is 0.605. The molecule has 0 fully saturated rings. The number of tetrazole rings is 1. The minimum Gasteiger partial charge on any atom is -0.444 e. The van der Waals surface area contributed by atoms with Crippen molar-refractivity contribution >= 4 is 11.7 Å². The molecule has 2 heterocycles. The minimum atomic E-state index is -0.533. The summed E-state index contributed by atoms with van der Waals surface area (Å²) in [5.41, 5.74) is 6.26. The summed E-state index contributed by atoms with van der Waals surface area (Å²) in [7, 11) is 1.74. The largest absolute Gasteiger partial charge is 0.444 e. The van der Waals surface area contributed by atoms with Crippen LogP contribution in [-0.2, 0) is 11.8 Å². The average molecular weight is 280 g/mol. The van der Waals surface area contributed by atoms with Gasteiger partial charge in [-0.05, 0) is 31.2 Å². The highest BCUT2D eigenvalue weighted by molar-refractivity contribution is 5.74. The number of nitrogens with two attached hydrogens (primary N) is 1. The molecule has 1 aromatic rings. The Morgan fingerprint density at radius 1 is 1.50 bits per heavy atom. The number of rotatable bonds is 1. The molecule has 0 saturated carbocycles. The third-order valence-corrected chi connectivity index (χ3v) is 2.77. The molecule has 0 radical (unpaired) electrons. The third-order valence-electron chi connectivity index (χ3n) is 2.77. The number of hydrogen-bond acceptors (Lipinski definition) is 6. The molecule has 2 rings (SSSR count). The van der Waals surface area contributed by atoms with Gasteiger partial charge in [-0.2, -0.15) is 0 Å². The number of amides is 1. The van der Waals surface area contributed by atoms with Crippen molar-refractivity contribution in [1.82, 2.24) is 25.1 Å². The van der Waals surface area contributed by atoms with Gasteiger partial charge in [-0.25, -0.2) is 9.48 Å². The van der Waals surface area contributed by atoms with Gasteiger partial charge in [-0.3, -0.25) is 0 Å². The smallest absolute Gasteiger partial charge is 0.410 e. The van der Waals surface area contributed by atoms with Crippen LogP contribution < -0.4 is 5.73 Å². The Kier molecular flexibility index (Phi) is 3.76. The molecule has 0 saturated heterocycles. The second-order valence-electron chi connectivity index (χ2n) is 5.84. The van der Waals surface area contributed by atoms with Crippen molar-refractivity contribution in [2.75, 3.05) is 13.1 Å². The van der Waals surface area contributed by atoms with Crippen molar-refractivity contribution in [2.24, 2.45) is 12.8 Å². The van der Waals surface area contributed by atoms with Gasteiger partial charge in [0.2, 0.25) is 0 Å². The van der Waals surface area contributed by atoms with Crippen LogP contribution in [0, 0.1) is 0 Å². The fourth-order valence-electron chi connectivity index (χ4n) is 2.00. The zero-order valence-corrected chi connectivity index (χ0v) is 12.2. The van der Waals surface area contributed by atoms with Crippen LogP contribution in [0.2, 0.25) is 0 Å². The number of nitrogens with zero attached hydrogens (tertiary/aromatic N) is 5. The van der Waals surface area contributed by atoms with Gasteiger partial charge in [0.15, 0.2) is 5.82 Å². The van der Waals surface area contributed by atoms with E-state index < -0.39 is 5.60 Å². The molecule has 0 aliphatic carbocycles. The Bertz CT molecular complexity index is 530. The standard InChI is InChI=1S/C12H20N6O2/c1-12(2,3)20-11(19)18-6-8(5-9(13)7-18)10-14-15-16-17(10)4/h5,9H,6-7,13H2,1-4H3. The highest BCUT2D eigenvalue weighted by atomic mass is 16.6. The van der Waals surface area contributed by atoms with E-state index in [0.29, 0.717) is 18.9 Å². The Labute approximate surface area is 117 Å². The van der Waals surface area contributed by atoms with Gasteiger partial charge in [0.05, 0.1) is 6.54 Å². The molecule has 1 atom stereocenters. The molecular weight excluding hydrogens is 260 g/mol. The maximum absolute atomic E-state index is 12.1. The zero-order chi connectivity index (χ0) is 14.9. The molecule has 1 aromatic heterocycles. The summed E-state index contributed by atoms with van der Waals surface area (Å²) in [5, 5.41) is 11.3. The van der Waals surface area contributed by atoms with Gasteiger partial charge in [0.1, 0.15) is 5.60 Å². The molecule has 1 aliphatic heterocycles. The lowest BCUT2D eigenvalue weighted by molar-refractivity contribution is 0.0265. The number of hydrogen-bond donors (Lipinski definition) is 1. The van der Waals surface area contributed by atoms with E-state index in [-0.39, 0.29) is 12.1 Å². The molecule has 110 valence electrons. The molecule has 20 heavy (non-hydrogen) atoms. The van der Waals surface area contributed by atoms with E-state index in [0.717, 1.165) is 5.57 Å². The number of ether oxygens (including phenoxy) is 1. The zero-order valence-electron chi connectivity index (χ0n) is 12.2. The van der Waals surface area contributed by atoms with E-state index in [2.05, 4.69) is 15.5 Å². The maximum atomic E-state index is 12.1. The Morgan fingerprint density at radius 2 is 2.20 bits per heavy atom. The van der Waals surface area contributed by atoms with Crippen LogP contribution in [-0.4, -0.2) is 55.9 Å². The van der Waals surface area contributed by atoms with Crippen molar-refractivity contribution in [1.29, 1.82) is 0 Å². The molecule has 0 spiro atoms. The summed E-state index contributed by atoms with van der Waals surface area (Å²) >= 11 is 0. The Morgan fingerprint density at radius 3 is 2.75 bits per heavy atom. The van der Waals surface area contributed by atoms with Gasteiger partial charge in [-0.15, -0.1) is 5.10 Å². The summed E-state index contributed by atoms with van der Waals surface area (Å²) in [6.45, 7) is 6.30. The number of aryl methyl sites for hydroxylation is 1. The van der Waals surface area contributed by atoms with Crippen molar-refractivity contribution in [3.8, 4) is 0 Å². The first kappa shape index (κ1) is 14.4. The second kappa shape index (κ2) is 5.20. The lowest BCUT2D eigenvalue weighted by atomic mass is 10.1. The molecule has 0 aromatic carbocycles. The SMILES string of the molecule is Cn1nnnc1C1=CC(N)CN(C(=O)OC(C)(C)C)C1. The van der Waals surface area contributed by atoms with Crippen LogP contribution >= 0.6 is 0 Å². The molecule has 8 heteroatoms. The van der Waals surface area contributed by atoms with Gasteiger partial charge in [-0.1, -0.05) is 6.08 Å². The first-order valence-electron chi connectivity index (χ1n) is 6.43. The van der Waals surface area contributed by atoms with Gasteiger partial charge in [0.25, 0.3) is 0 Å². The molecule has 8 nitrogen and oxygen atoms in total. The topological polar surface area (TPSA) is 99.2 Å². The third kappa shape index (κ3) is 3.32. The van der Waals surface area contributed by atoms with Crippen molar-refractivity contribution in [3.63, 3.8) is 0 Å². The van der Waals surface area contributed by atoms with E-state index in [4.69, 9.17) is 10.5 Å². The van der Waals surface area contributed by atoms with Crippen LogP contribution in [0.5, 0.6) is 0 Å². The normalized spacial score (nSPS) is 19.8. The van der Waals surface area contributed by atoms with E-state index in [1.54, 1.807) is 16.6 Å². The van der Waals surface area contributed by atoms with E-state index in [1.807, 2.05) is 26.8 Å². The molecule has 2 N–H and O–H groups in total. The molecule has 1 unspecified atom stereocenters. The highest BCUT2D eigenvalue weighted by Gasteiger charge is 2.28. The fourth-order valence-corrected chi connectivity index (χ4v) is 2.00. The molecule has 1 aliphatic rings. The highest BCUT2D eigenvalue weighted by Crippen LogP contribution is 2.19. The van der Waals surface area contributed by atoms with Gasteiger partial charge < -0.3 is 15.4 Å². The first-order chi connectivity index (χ1) is 9.26. The summed E-state index contributed by atoms with van der Waals surface area (Å²) in [6, 6.07) is -0.261. The van der Waals surface area contributed by atoms with Crippen LogP contribution in [0.25, 0.3) is 5.57 Å². The molecule has 0 bridgehead atoms. The lowest BCUT2D eigenvalue weighted by Gasteiger charge is -2.32. The van der Waals surface area contributed by atoms with Crippen molar-refractivity contribution in [2.45, 2.75) is 32.4 Å². The van der Waals surface area contributed by atoms with E-state index >= 15 is 0 Å². The van der Waals surface area contributed by atoms with Crippen molar-refractivity contribution in [3.05, 3.63) is 11.9 Å². The first-order valence-corrected chi connectivity index (χ1v) is 6.43. The van der Waals surface area contributed by atoms with E-state index in [9.17, 15) is 4.79 Å². The molecule has 1 amide bonds. The summed E-state index contributed by atoms with van der Waals surface area (Å²) < 4.78 is 6.92. The number of aromatic nitrogens is 4. The van der Waals surface area contributed by atoms with Crippen LogP contribution in [0.1, 0.15) is 26.6 Å². The molecular formula is C12H20N6O2. The lowest BCUT2D eigenvalue weighted by Crippen LogP contribution is -2.46. The quantitative estimate of drug-likeness (QED) is 0.787. The summed E-state index contributed by atoms with van der Waals surface area (Å²) in [6.07, 6.45) is 1.50. The number of carbonyl (C=O) groups is 1. The van der Waals surface area contributed by atoms with Crippen LogP contribution in [0.15, 0.2) is 6.08 Å². The van der Waals surface area contributed by atoms with Gasteiger partial charge >= 0.3 is 6.09 Å². The minimum absolute atomic E-state index is 0.261. The maximum Gasteiger partial charge on any atom is 0.410 e. The fraction of sp³-hybridized carbons (Fsp3) is 0.667. The average Bonchev–Trinajstić information content (AvgIpc) is 2.72. The monoisotopic (exact) mass is 280 g/mol.